The number of rotatable bonds is 5. The highest BCUT2D eigenvalue weighted by molar-refractivity contribution is 9.10. The lowest BCUT2D eigenvalue weighted by atomic mass is 10.1. The van der Waals surface area contributed by atoms with Gasteiger partial charge in [-0.1, -0.05) is 23.9 Å². The Morgan fingerprint density at radius 3 is 2.89 bits per heavy atom. The van der Waals surface area contributed by atoms with E-state index in [4.69, 9.17) is 4.74 Å². The molecular weight excluding hydrogens is 326 g/mol. The van der Waals surface area contributed by atoms with Crippen molar-refractivity contribution in [3.8, 4) is 5.75 Å². The summed E-state index contributed by atoms with van der Waals surface area (Å²) in [5.41, 5.74) is 0.656. The summed E-state index contributed by atoms with van der Waals surface area (Å²) >= 11 is 4.75. The molecule has 0 aliphatic carbocycles. The second kappa shape index (κ2) is 6.73. The molecule has 0 bridgehead atoms. The van der Waals surface area contributed by atoms with Gasteiger partial charge in [0.15, 0.2) is 5.78 Å². The van der Waals surface area contributed by atoms with Crippen molar-refractivity contribution in [3.63, 3.8) is 0 Å². The number of benzene rings is 1. The van der Waals surface area contributed by atoms with Gasteiger partial charge in [-0.15, -0.1) is 0 Å². The summed E-state index contributed by atoms with van der Waals surface area (Å²) < 4.78 is 6.03. The van der Waals surface area contributed by atoms with Crippen molar-refractivity contribution in [2.24, 2.45) is 0 Å². The molecule has 2 aromatic rings. The molecule has 2 rings (SSSR count). The Labute approximate surface area is 124 Å². The first-order valence-corrected chi connectivity index (χ1v) is 7.38. The van der Waals surface area contributed by atoms with Gasteiger partial charge in [0.1, 0.15) is 5.75 Å². The second-order valence-electron chi connectivity index (χ2n) is 3.76. The van der Waals surface area contributed by atoms with E-state index in [1.807, 2.05) is 24.3 Å². The van der Waals surface area contributed by atoms with Gasteiger partial charge in [-0.25, -0.2) is 4.98 Å². The van der Waals surface area contributed by atoms with Crippen LogP contribution in [-0.2, 0) is 0 Å². The summed E-state index contributed by atoms with van der Waals surface area (Å²) in [7, 11) is 1.59. The molecule has 0 saturated carbocycles. The molecule has 0 atom stereocenters. The van der Waals surface area contributed by atoms with Crippen molar-refractivity contribution < 1.29 is 9.53 Å². The summed E-state index contributed by atoms with van der Waals surface area (Å²) in [5.74, 6) is 1.12. The van der Waals surface area contributed by atoms with Crippen molar-refractivity contribution >= 4 is 33.5 Å². The number of carbonyl (C=O) groups excluding carboxylic acids is 1. The van der Waals surface area contributed by atoms with Gasteiger partial charge in [0, 0.05) is 16.2 Å². The molecule has 0 saturated heterocycles. The van der Waals surface area contributed by atoms with E-state index >= 15 is 0 Å². The predicted octanol–water partition coefficient (Wildman–Crippen LogP) is 3.83. The van der Waals surface area contributed by atoms with Crippen LogP contribution in [0.3, 0.4) is 0 Å². The van der Waals surface area contributed by atoms with Gasteiger partial charge in [0.05, 0.1) is 17.9 Å². The number of halogens is 1. The molecule has 0 fully saturated rings. The number of ketones is 1. The minimum Gasteiger partial charge on any atom is -0.497 e. The number of hydrogen-bond donors (Lipinski definition) is 0. The molecule has 5 heteroatoms. The molecule has 0 aliphatic rings. The number of aromatic nitrogens is 1. The normalized spacial score (nSPS) is 10.2. The van der Waals surface area contributed by atoms with E-state index in [2.05, 4.69) is 20.9 Å². The van der Waals surface area contributed by atoms with Gasteiger partial charge >= 0.3 is 0 Å². The highest BCUT2D eigenvalue weighted by Crippen LogP contribution is 2.20. The molecule has 0 aliphatic heterocycles. The third kappa shape index (κ3) is 4.08. The summed E-state index contributed by atoms with van der Waals surface area (Å²) in [5, 5.41) is 0.833. The van der Waals surface area contributed by atoms with Gasteiger partial charge < -0.3 is 4.74 Å². The topological polar surface area (TPSA) is 39.2 Å². The quantitative estimate of drug-likeness (QED) is 0.614. The Kier molecular flexibility index (Phi) is 4.99. The second-order valence-corrected chi connectivity index (χ2v) is 5.67. The molecule has 3 nitrogen and oxygen atoms in total. The van der Waals surface area contributed by atoms with E-state index in [-0.39, 0.29) is 5.78 Å². The van der Waals surface area contributed by atoms with Gasteiger partial charge in [-0.3, -0.25) is 4.79 Å². The van der Waals surface area contributed by atoms with E-state index in [1.165, 1.54) is 11.8 Å². The SMILES string of the molecule is COc1cccc(C(=O)CSc2ccc(Br)cn2)c1. The summed E-state index contributed by atoms with van der Waals surface area (Å²) in [6.07, 6.45) is 1.72. The fourth-order valence-electron chi connectivity index (χ4n) is 1.47. The number of pyridine rings is 1. The number of methoxy groups -OCH3 is 1. The first-order chi connectivity index (χ1) is 9.19. The largest absolute Gasteiger partial charge is 0.497 e. The molecule has 1 heterocycles. The van der Waals surface area contributed by atoms with Crippen molar-refractivity contribution in [2.75, 3.05) is 12.9 Å². The Morgan fingerprint density at radius 2 is 2.21 bits per heavy atom. The highest BCUT2D eigenvalue weighted by atomic mass is 79.9. The van der Waals surface area contributed by atoms with Crippen LogP contribution in [0.1, 0.15) is 10.4 Å². The zero-order valence-electron chi connectivity index (χ0n) is 10.3. The molecule has 0 unspecified atom stereocenters. The monoisotopic (exact) mass is 337 g/mol. The van der Waals surface area contributed by atoms with Crippen LogP contribution in [0, 0.1) is 0 Å². The van der Waals surface area contributed by atoms with Crippen LogP contribution in [0.4, 0.5) is 0 Å². The van der Waals surface area contributed by atoms with Gasteiger partial charge in [0.25, 0.3) is 0 Å². The van der Waals surface area contributed by atoms with Crippen LogP contribution in [-0.4, -0.2) is 23.6 Å². The van der Waals surface area contributed by atoms with Crippen molar-refractivity contribution in [3.05, 3.63) is 52.6 Å². The molecule has 1 aromatic carbocycles. The third-order valence-electron chi connectivity index (χ3n) is 2.44. The maximum absolute atomic E-state index is 12.0. The molecular formula is C14H12BrNO2S. The van der Waals surface area contributed by atoms with E-state index < -0.39 is 0 Å². The Hall–Kier alpha value is -1.33. The fraction of sp³-hybridized carbons (Fsp3) is 0.143. The number of thioether (sulfide) groups is 1. The number of carbonyl (C=O) groups is 1. The lowest BCUT2D eigenvalue weighted by Gasteiger charge is -2.04. The zero-order valence-corrected chi connectivity index (χ0v) is 12.7. The molecule has 0 N–H and O–H groups in total. The fourth-order valence-corrected chi connectivity index (χ4v) is 2.44. The van der Waals surface area contributed by atoms with Crippen molar-refractivity contribution in [2.45, 2.75) is 5.03 Å². The Balaban J connectivity index is 1.99. The van der Waals surface area contributed by atoms with Crippen LogP contribution >= 0.6 is 27.7 Å². The predicted molar refractivity (Wildman–Crippen MR) is 80.0 cm³/mol. The van der Waals surface area contributed by atoms with Gasteiger partial charge in [-0.05, 0) is 40.2 Å². The van der Waals surface area contributed by atoms with E-state index in [9.17, 15) is 4.79 Å². The Bertz CT molecular complexity index is 572. The highest BCUT2D eigenvalue weighted by Gasteiger charge is 2.08. The van der Waals surface area contributed by atoms with E-state index in [0.29, 0.717) is 17.1 Å². The average molecular weight is 338 g/mol. The van der Waals surface area contributed by atoms with Crippen LogP contribution in [0.15, 0.2) is 52.1 Å². The van der Waals surface area contributed by atoms with Gasteiger partial charge in [0.2, 0.25) is 0 Å². The number of ether oxygens (including phenoxy) is 1. The summed E-state index contributed by atoms with van der Waals surface area (Å²) in [6, 6.07) is 11.0. The standard InChI is InChI=1S/C14H12BrNO2S/c1-18-12-4-2-3-10(7-12)13(17)9-19-14-6-5-11(15)8-16-14/h2-8H,9H2,1H3. The molecule has 0 spiro atoms. The summed E-state index contributed by atoms with van der Waals surface area (Å²) in [4.78, 5) is 16.3. The van der Waals surface area contributed by atoms with Gasteiger partial charge in [-0.2, -0.15) is 0 Å². The molecule has 19 heavy (non-hydrogen) atoms. The maximum Gasteiger partial charge on any atom is 0.173 e. The van der Waals surface area contributed by atoms with Crippen LogP contribution < -0.4 is 4.74 Å². The molecule has 1 aromatic heterocycles. The molecule has 0 amide bonds. The van der Waals surface area contributed by atoms with Crippen LogP contribution in [0.5, 0.6) is 5.75 Å². The minimum absolute atomic E-state index is 0.0635. The number of nitrogens with zero attached hydrogens (tertiary/aromatic N) is 1. The first-order valence-electron chi connectivity index (χ1n) is 5.60. The molecule has 98 valence electrons. The smallest absolute Gasteiger partial charge is 0.173 e. The molecule has 0 radical (unpaired) electrons. The summed E-state index contributed by atoms with van der Waals surface area (Å²) in [6.45, 7) is 0. The van der Waals surface area contributed by atoms with Crippen molar-refractivity contribution in [1.29, 1.82) is 0 Å². The van der Waals surface area contributed by atoms with E-state index in [0.717, 1.165) is 9.50 Å². The van der Waals surface area contributed by atoms with E-state index in [1.54, 1.807) is 25.4 Å². The third-order valence-corrected chi connectivity index (χ3v) is 3.86. The maximum atomic E-state index is 12.0. The van der Waals surface area contributed by atoms with Crippen LogP contribution in [0.2, 0.25) is 0 Å². The minimum atomic E-state index is 0.0635. The number of Topliss-reactive ketones (excluding diaryl/α,β-unsaturated/α-hetero) is 1. The average Bonchev–Trinajstić information content (AvgIpc) is 2.46. The van der Waals surface area contributed by atoms with Crippen LogP contribution in [0.25, 0.3) is 0 Å². The zero-order chi connectivity index (χ0) is 13.7. The lowest BCUT2D eigenvalue weighted by Crippen LogP contribution is -2.02. The van der Waals surface area contributed by atoms with Crippen molar-refractivity contribution in [1.82, 2.24) is 4.98 Å². The Morgan fingerprint density at radius 1 is 1.37 bits per heavy atom. The lowest BCUT2D eigenvalue weighted by molar-refractivity contribution is 0.102. The number of hydrogen-bond acceptors (Lipinski definition) is 4. The first kappa shape index (κ1) is 14.1.